The molecular formula is C22H18N2O5. The van der Waals surface area contributed by atoms with E-state index in [1.165, 1.54) is 11.8 Å². The first kappa shape index (κ1) is 18.6. The largest absolute Gasteiger partial charge is 0.464 e. The lowest BCUT2D eigenvalue weighted by Crippen LogP contribution is -2.56. The first-order valence-corrected chi connectivity index (χ1v) is 9.18. The zero-order valence-electron chi connectivity index (χ0n) is 15.9. The molecule has 2 amide bonds. The summed E-state index contributed by atoms with van der Waals surface area (Å²) in [6, 6.07) is 17.0. The third-order valence-electron chi connectivity index (χ3n) is 5.13. The van der Waals surface area contributed by atoms with E-state index >= 15 is 0 Å². The molecule has 0 fully saturated rings. The Morgan fingerprint density at radius 1 is 0.897 bits per heavy atom. The van der Waals surface area contributed by atoms with Crippen LogP contribution in [0.3, 0.4) is 0 Å². The average Bonchev–Trinajstić information content (AvgIpc) is 3.13. The Hall–Kier alpha value is -3.74. The van der Waals surface area contributed by atoms with E-state index in [9.17, 15) is 19.2 Å². The van der Waals surface area contributed by atoms with Gasteiger partial charge in [-0.1, -0.05) is 36.4 Å². The topological polar surface area (TPSA) is 84.0 Å². The van der Waals surface area contributed by atoms with Crippen LogP contribution in [0.25, 0.3) is 0 Å². The Labute approximate surface area is 167 Å². The number of benzene rings is 2. The molecule has 0 saturated carbocycles. The summed E-state index contributed by atoms with van der Waals surface area (Å²) in [4.78, 5) is 54.6. The van der Waals surface area contributed by atoms with Crippen molar-refractivity contribution in [2.24, 2.45) is 0 Å². The quantitative estimate of drug-likeness (QED) is 0.590. The van der Waals surface area contributed by atoms with Gasteiger partial charge in [0.25, 0.3) is 11.7 Å². The summed E-state index contributed by atoms with van der Waals surface area (Å²) < 4.78 is 5.21. The fraction of sp³-hybridized carbons (Fsp3) is 0.182. The maximum Gasteiger partial charge on any atom is 0.337 e. The van der Waals surface area contributed by atoms with Gasteiger partial charge in [-0.2, -0.15) is 0 Å². The molecule has 7 heteroatoms. The Kier molecular flexibility index (Phi) is 4.30. The molecule has 0 bridgehead atoms. The van der Waals surface area contributed by atoms with Crippen molar-refractivity contribution in [2.75, 3.05) is 16.4 Å². The predicted octanol–water partition coefficient (Wildman–Crippen LogP) is 2.22. The molecule has 2 heterocycles. The Bertz CT molecular complexity index is 1060. The summed E-state index contributed by atoms with van der Waals surface area (Å²) in [6.07, 6.45) is 0. The molecule has 2 aromatic carbocycles. The summed E-state index contributed by atoms with van der Waals surface area (Å²) in [6.45, 7) is 3.15. The fourth-order valence-corrected chi connectivity index (χ4v) is 3.85. The molecule has 2 aliphatic rings. The molecule has 0 spiro atoms. The fourth-order valence-electron chi connectivity index (χ4n) is 3.85. The Morgan fingerprint density at radius 3 is 2.00 bits per heavy atom. The molecule has 2 aromatic rings. The molecular weight excluding hydrogens is 372 g/mol. The molecule has 0 radical (unpaired) electrons. The number of ether oxygens (including phenoxy) is 1. The monoisotopic (exact) mass is 390 g/mol. The molecule has 0 saturated heterocycles. The van der Waals surface area contributed by atoms with Crippen LogP contribution in [-0.2, 0) is 23.9 Å². The van der Waals surface area contributed by atoms with Crippen molar-refractivity contribution in [1.82, 2.24) is 0 Å². The van der Waals surface area contributed by atoms with Gasteiger partial charge in [0, 0.05) is 11.4 Å². The third-order valence-corrected chi connectivity index (χ3v) is 5.13. The van der Waals surface area contributed by atoms with Crippen LogP contribution in [0.4, 0.5) is 11.4 Å². The summed E-state index contributed by atoms with van der Waals surface area (Å²) in [5.41, 5.74) is -1.20. The van der Waals surface area contributed by atoms with E-state index in [2.05, 4.69) is 0 Å². The summed E-state index contributed by atoms with van der Waals surface area (Å²) in [5, 5.41) is 0. The lowest BCUT2D eigenvalue weighted by atomic mass is 9.89. The highest BCUT2D eigenvalue weighted by Gasteiger charge is 2.63. The van der Waals surface area contributed by atoms with Crippen molar-refractivity contribution < 1.29 is 23.9 Å². The van der Waals surface area contributed by atoms with Crippen molar-refractivity contribution in [1.29, 1.82) is 0 Å². The van der Waals surface area contributed by atoms with E-state index in [-0.39, 0.29) is 17.9 Å². The van der Waals surface area contributed by atoms with Gasteiger partial charge in [0.05, 0.1) is 12.2 Å². The van der Waals surface area contributed by atoms with Gasteiger partial charge in [0.15, 0.2) is 5.54 Å². The minimum absolute atomic E-state index is 0.0679. The number of rotatable bonds is 4. The van der Waals surface area contributed by atoms with Gasteiger partial charge in [-0.3, -0.25) is 24.2 Å². The maximum atomic E-state index is 13.5. The second-order valence-corrected chi connectivity index (χ2v) is 6.80. The minimum atomic E-state index is -1.75. The smallest absolute Gasteiger partial charge is 0.337 e. The van der Waals surface area contributed by atoms with Gasteiger partial charge in [0.1, 0.15) is 5.70 Å². The Balaban J connectivity index is 1.95. The van der Waals surface area contributed by atoms with Crippen molar-refractivity contribution in [3.8, 4) is 0 Å². The zero-order valence-corrected chi connectivity index (χ0v) is 15.9. The number of Topliss-reactive ketones (excluding diaryl/α,β-unsaturated/α-hetero) is 1. The van der Waals surface area contributed by atoms with Gasteiger partial charge in [-0.05, 0) is 38.1 Å². The highest BCUT2D eigenvalue weighted by atomic mass is 16.5. The minimum Gasteiger partial charge on any atom is -0.464 e. The first-order chi connectivity index (χ1) is 13.9. The second kappa shape index (κ2) is 6.70. The van der Waals surface area contributed by atoms with Gasteiger partial charge in [-0.25, -0.2) is 4.79 Å². The Morgan fingerprint density at radius 2 is 1.45 bits per heavy atom. The van der Waals surface area contributed by atoms with Gasteiger partial charge >= 0.3 is 11.9 Å². The third kappa shape index (κ3) is 2.51. The molecule has 0 aliphatic carbocycles. The number of hydrogen-bond donors (Lipinski definition) is 0. The number of ketones is 1. The van der Waals surface area contributed by atoms with Gasteiger partial charge in [-0.15, -0.1) is 0 Å². The number of amides is 2. The lowest BCUT2D eigenvalue weighted by Gasteiger charge is -2.35. The summed E-state index contributed by atoms with van der Waals surface area (Å²) in [7, 11) is 0. The van der Waals surface area contributed by atoms with E-state index in [0.29, 0.717) is 11.4 Å². The highest BCUT2D eigenvalue weighted by molar-refractivity contribution is 6.56. The van der Waals surface area contributed by atoms with Crippen LogP contribution in [0, 0.1) is 0 Å². The molecule has 0 N–H and O–H groups in total. The lowest BCUT2D eigenvalue weighted by molar-refractivity contribution is -0.149. The number of para-hydroxylation sites is 2. The number of hydrogen-bond acceptors (Lipinski definition) is 5. The maximum absolute atomic E-state index is 13.5. The number of carbonyl (C=O) groups is 4. The molecule has 4 rings (SSSR count). The molecule has 29 heavy (non-hydrogen) atoms. The SMILES string of the molecule is CCOC(=O)C1(C)C2=C(C(=O)N1c1ccccc1)N(c1ccccc1)C(=O)C2=O. The molecule has 1 unspecified atom stereocenters. The van der Waals surface area contributed by atoms with Crippen LogP contribution in [0.1, 0.15) is 13.8 Å². The van der Waals surface area contributed by atoms with Crippen LogP contribution in [-0.4, -0.2) is 35.7 Å². The van der Waals surface area contributed by atoms with Crippen LogP contribution in [0.15, 0.2) is 71.9 Å². The molecule has 1 atom stereocenters. The van der Waals surface area contributed by atoms with Crippen LogP contribution < -0.4 is 9.80 Å². The van der Waals surface area contributed by atoms with Crippen LogP contribution in [0.5, 0.6) is 0 Å². The normalized spacial score (nSPS) is 21.1. The van der Waals surface area contributed by atoms with E-state index in [4.69, 9.17) is 4.74 Å². The molecule has 2 aliphatic heterocycles. The number of carbonyl (C=O) groups excluding carboxylic acids is 4. The van der Waals surface area contributed by atoms with Gasteiger partial charge in [0.2, 0.25) is 0 Å². The molecule has 146 valence electrons. The number of anilines is 2. The van der Waals surface area contributed by atoms with Crippen LogP contribution >= 0.6 is 0 Å². The zero-order chi connectivity index (χ0) is 20.8. The van der Waals surface area contributed by atoms with Crippen molar-refractivity contribution >= 4 is 34.9 Å². The van der Waals surface area contributed by atoms with Gasteiger partial charge < -0.3 is 4.74 Å². The average molecular weight is 390 g/mol. The number of nitrogens with zero attached hydrogens (tertiary/aromatic N) is 2. The summed E-state index contributed by atoms with van der Waals surface area (Å²) >= 11 is 0. The number of esters is 1. The van der Waals surface area contributed by atoms with Crippen molar-refractivity contribution in [3.63, 3.8) is 0 Å². The standard InChI is InChI=1S/C22H18N2O5/c1-3-29-21(28)22(2)16-17(19(26)24(22)15-12-8-5-9-13-15)23(20(27)18(16)25)14-10-6-4-7-11-14/h4-13H,3H2,1-2H3. The van der Waals surface area contributed by atoms with E-state index in [0.717, 1.165) is 4.90 Å². The van der Waals surface area contributed by atoms with E-state index in [1.54, 1.807) is 67.6 Å². The van der Waals surface area contributed by atoms with Crippen LogP contribution in [0.2, 0.25) is 0 Å². The van der Waals surface area contributed by atoms with E-state index in [1.807, 2.05) is 0 Å². The summed E-state index contributed by atoms with van der Waals surface area (Å²) in [5.74, 6) is -3.12. The first-order valence-electron chi connectivity index (χ1n) is 9.18. The van der Waals surface area contributed by atoms with Crippen molar-refractivity contribution in [2.45, 2.75) is 19.4 Å². The molecule has 0 aromatic heterocycles. The van der Waals surface area contributed by atoms with E-state index < -0.39 is 29.1 Å². The highest BCUT2D eigenvalue weighted by Crippen LogP contribution is 2.46. The second-order valence-electron chi connectivity index (χ2n) is 6.80. The predicted molar refractivity (Wildman–Crippen MR) is 105 cm³/mol. The molecule has 7 nitrogen and oxygen atoms in total. The van der Waals surface area contributed by atoms with Crippen molar-refractivity contribution in [3.05, 3.63) is 71.9 Å².